The SMILES string of the molecule is N#Cc1cccc(C=CC(=O)N2CCN(Cc3cccc(O)c3)CC2)c1. The number of carbonyl (C=O) groups is 1. The molecule has 0 unspecified atom stereocenters. The fraction of sp³-hybridized carbons (Fsp3) is 0.238. The van der Waals surface area contributed by atoms with Gasteiger partial charge in [-0.05, 0) is 41.5 Å². The molecule has 1 aliphatic heterocycles. The minimum absolute atomic E-state index is 0.00985. The van der Waals surface area contributed by atoms with Crippen molar-refractivity contribution in [3.05, 3.63) is 71.3 Å². The summed E-state index contributed by atoms with van der Waals surface area (Å²) >= 11 is 0. The number of phenols is 1. The molecule has 2 aromatic rings. The number of hydrogen-bond donors (Lipinski definition) is 1. The highest BCUT2D eigenvalue weighted by molar-refractivity contribution is 5.91. The van der Waals surface area contributed by atoms with E-state index in [2.05, 4.69) is 11.0 Å². The van der Waals surface area contributed by atoms with Crippen molar-refractivity contribution in [3.63, 3.8) is 0 Å². The summed E-state index contributed by atoms with van der Waals surface area (Å²) in [5, 5.41) is 18.5. The number of rotatable bonds is 4. The van der Waals surface area contributed by atoms with E-state index in [-0.39, 0.29) is 11.7 Å². The van der Waals surface area contributed by atoms with Gasteiger partial charge < -0.3 is 10.0 Å². The molecule has 2 aromatic carbocycles. The molecule has 1 N–H and O–H groups in total. The molecule has 132 valence electrons. The molecule has 0 aromatic heterocycles. The van der Waals surface area contributed by atoms with Crippen molar-refractivity contribution in [2.45, 2.75) is 6.54 Å². The minimum atomic E-state index is -0.00985. The van der Waals surface area contributed by atoms with E-state index in [0.29, 0.717) is 18.7 Å². The molecular weight excluding hydrogens is 326 g/mol. The number of nitriles is 1. The molecule has 0 aliphatic carbocycles. The highest BCUT2D eigenvalue weighted by atomic mass is 16.3. The summed E-state index contributed by atoms with van der Waals surface area (Å²) in [6, 6.07) is 16.6. The van der Waals surface area contributed by atoms with Gasteiger partial charge in [-0.15, -0.1) is 0 Å². The van der Waals surface area contributed by atoms with E-state index in [0.717, 1.165) is 30.8 Å². The van der Waals surface area contributed by atoms with Crippen LogP contribution in [0.25, 0.3) is 6.08 Å². The maximum atomic E-state index is 12.4. The van der Waals surface area contributed by atoms with E-state index in [1.165, 1.54) is 0 Å². The van der Waals surface area contributed by atoms with Gasteiger partial charge in [0, 0.05) is 38.8 Å². The molecule has 5 heteroatoms. The summed E-state index contributed by atoms with van der Waals surface area (Å²) in [7, 11) is 0. The molecule has 1 fully saturated rings. The lowest BCUT2D eigenvalue weighted by atomic mass is 10.1. The zero-order valence-corrected chi connectivity index (χ0v) is 14.5. The van der Waals surface area contributed by atoms with Crippen LogP contribution in [-0.2, 0) is 11.3 Å². The van der Waals surface area contributed by atoms with Crippen LogP contribution < -0.4 is 0 Å². The van der Waals surface area contributed by atoms with Crippen LogP contribution in [0.5, 0.6) is 5.75 Å². The summed E-state index contributed by atoms with van der Waals surface area (Å²) in [6.45, 7) is 3.74. The molecule has 26 heavy (non-hydrogen) atoms. The molecule has 0 atom stereocenters. The van der Waals surface area contributed by atoms with Crippen molar-refractivity contribution < 1.29 is 9.90 Å². The molecule has 1 heterocycles. The van der Waals surface area contributed by atoms with Crippen LogP contribution in [0.4, 0.5) is 0 Å². The second kappa shape index (κ2) is 8.32. The number of aromatic hydroxyl groups is 1. The molecule has 0 radical (unpaired) electrons. The maximum absolute atomic E-state index is 12.4. The van der Waals surface area contributed by atoms with Gasteiger partial charge >= 0.3 is 0 Å². The zero-order chi connectivity index (χ0) is 18.4. The topological polar surface area (TPSA) is 67.6 Å². The van der Waals surface area contributed by atoms with E-state index < -0.39 is 0 Å². The maximum Gasteiger partial charge on any atom is 0.246 e. The largest absolute Gasteiger partial charge is 0.508 e. The second-order valence-corrected chi connectivity index (χ2v) is 6.34. The smallest absolute Gasteiger partial charge is 0.246 e. The zero-order valence-electron chi connectivity index (χ0n) is 14.5. The predicted octanol–water partition coefficient (Wildman–Crippen LogP) is 2.62. The third-order valence-corrected chi connectivity index (χ3v) is 4.43. The van der Waals surface area contributed by atoms with Crippen molar-refractivity contribution in [2.75, 3.05) is 26.2 Å². The van der Waals surface area contributed by atoms with Gasteiger partial charge in [0.25, 0.3) is 0 Å². The molecule has 0 bridgehead atoms. The van der Waals surface area contributed by atoms with Crippen LogP contribution in [0.3, 0.4) is 0 Å². The first kappa shape index (κ1) is 17.7. The number of benzene rings is 2. The van der Waals surface area contributed by atoms with E-state index in [4.69, 9.17) is 5.26 Å². The summed E-state index contributed by atoms with van der Waals surface area (Å²) in [5.41, 5.74) is 2.50. The van der Waals surface area contributed by atoms with E-state index in [1.54, 1.807) is 36.4 Å². The normalized spacial score (nSPS) is 15.1. The first-order chi connectivity index (χ1) is 12.6. The van der Waals surface area contributed by atoms with Gasteiger partial charge in [0.1, 0.15) is 5.75 Å². The number of carbonyl (C=O) groups excluding carboxylic acids is 1. The monoisotopic (exact) mass is 347 g/mol. The Balaban J connectivity index is 1.51. The molecular formula is C21H21N3O2. The van der Waals surface area contributed by atoms with Crippen molar-refractivity contribution >= 4 is 12.0 Å². The Morgan fingerprint density at radius 2 is 1.88 bits per heavy atom. The third-order valence-electron chi connectivity index (χ3n) is 4.43. The number of nitrogens with zero attached hydrogens (tertiary/aromatic N) is 3. The van der Waals surface area contributed by atoms with Crippen molar-refractivity contribution in [1.82, 2.24) is 9.80 Å². The molecule has 1 amide bonds. The highest BCUT2D eigenvalue weighted by Gasteiger charge is 2.19. The van der Waals surface area contributed by atoms with Crippen LogP contribution in [-0.4, -0.2) is 47.0 Å². The average molecular weight is 347 g/mol. The molecule has 3 rings (SSSR count). The van der Waals surface area contributed by atoms with E-state index >= 15 is 0 Å². The first-order valence-corrected chi connectivity index (χ1v) is 8.61. The quantitative estimate of drug-likeness (QED) is 0.864. The van der Waals surface area contributed by atoms with E-state index in [1.807, 2.05) is 29.2 Å². The van der Waals surface area contributed by atoms with Crippen molar-refractivity contribution in [1.29, 1.82) is 5.26 Å². The average Bonchev–Trinajstić information content (AvgIpc) is 2.67. The second-order valence-electron chi connectivity index (χ2n) is 6.34. The minimum Gasteiger partial charge on any atom is -0.508 e. The highest BCUT2D eigenvalue weighted by Crippen LogP contribution is 2.14. The molecule has 1 saturated heterocycles. The van der Waals surface area contributed by atoms with Gasteiger partial charge in [0.05, 0.1) is 11.6 Å². The summed E-state index contributed by atoms with van der Waals surface area (Å²) in [4.78, 5) is 16.5. The number of amides is 1. The molecule has 1 aliphatic rings. The van der Waals surface area contributed by atoms with Gasteiger partial charge in [0.2, 0.25) is 5.91 Å². The lowest BCUT2D eigenvalue weighted by molar-refractivity contribution is -0.127. The Labute approximate surface area is 153 Å². The Morgan fingerprint density at radius 1 is 1.12 bits per heavy atom. The van der Waals surface area contributed by atoms with Gasteiger partial charge in [-0.25, -0.2) is 0 Å². The summed E-state index contributed by atoms with van der Waals surface area (Å²) in [5.74, 6) is 0.270. The van der Waals surface area contributed by atoms with Gasteiger partial charge in [-0.1, -0.05) is 24.3 Å². The molecule has 0 saturated carbocycles. The Hall–Kier alpha value is -3.10. The number of hydrogen-bond acceptors (Lipinski definition) is 4. The number of phenolic OH excluding ortho intramolecular Hbond substituents is 1. The third kappa shape index (κ3) is 4.71. The van der Waals surface area contributed by atoms with Gasteiger partial charge in [0.15, 0.2) is 0 Å². The Bertz CT molecular complexity index is 846. The number of piperazine rings is 1. The predicted molar refractivity (Wildman–Crippen MR) is 100 cm³/mol. The molecule has 5 nitrogen and oxygen atoms in total. The van der Waals surface area contributed by atoms with Crippen LogP contribution in [0, 0.1) is 11.3 Å². The lowest BCUT2D eigenvalue weighted by Gasteiger charge is -2.34. The van der Waals surface area contributed by atoms with Gasteiger partial charge in [-0.2, -0.15) is 5.26 Å². The lowest BCUT2D eigenvalue weighted by Crippen LogP contribution is -2.47. The Morgan fingerprint density at radius 3 is 2.62 bits per heavy atom. The van der Waals surface area contributed by atoms with Gasteiger partial charge in [-0.3, -0.25) is 9.69 Å². The van der Waals surface area contributed by atoms with Crippen LogP contribution in [0.15, 0.2) is 54.6 Å². The molecule has 0 spiro atoms. The van der Waals surface area contributed by atoms with Crippen molar-refractivity contribution in [2.24, 2.45) is 0 Å². The summed E-state index contributed by atoms with van der Waals surface area (Å²) < 4.78 is 0. The van der Waals surface area contributed by atoms with Crippen molar-refractivity contribution in [3.8, 4) is 11.8 Å². The fourth-order valence-electron chi connectivity index (χ4n) is 3.02. The van der Waals surface area contributed by atoms with Crippen LogP contribution in [0.1, 0.15) is 16.7 Å². The Kier molecular flexibility index (Phi) is 5.67. The fourth-order valence-corrected chi connectivity index (χ4v) is 3.02. The first-order valence-electron chi connectivity index (χ1n) is 8.61. The standard InChI is InChI=1S/C21H21N3O2/c22-15-18-4-1-3-17(13-18)7-8-21(26)24-11-9-23(10-12-24)16-19-5-2-6-20(25)14-19/h1-8,13-14,25H,9-12,16H2. The van der Waals surface area contributed by atoms with Crippen LogP contribution >= 0.6 is 0 Å². The van der Waals surface area contributed by atoms with E-state index in [9.17, 15) is 9.90 Å². The summed E-state index contributed by atoms with van der Waals surface area (Å²) in [6.07, 6.45) is 3.32. The van der Waals surface area contributed by atoms with Crippen LogP contribution in [0.2, 0.25) is 0 Å².